The normalized spacial score (nSPS) is 35.4. The number of carboxylic acid groups (broad SMARTS) is 1. The molecule has 5 atom stereocenters. The number of hydrogen-bond acceptors (Lipinski definition) is 6. The van der Waals surface area contributed by atoms with Gasteiger partial charge in [-0.2, -0.15) is 0 Å². The summed E-state index contributed by atoms with van der Waals surface area (Å²) < 4.78 is 0. The summed E-state index contributed by atoms with van der Waals surface area (Å²) in [4.78, 5) is 17.6. The zero-order valence-corrected chi connectivity index (χ0v) is 17.3. The molecule has 1 heterocycles. The Balaban J connectivity index is 2.01. The predicted molar refractivity (Wildman–Crippen MR) is 106 cm³/mol. The van der Waals surface area contributed by atoms with Crippen LogP contribution in [0.25, 0.3) is 0 Å². The molecule has 0 amide bonds. The highest BCUT2D eigenvalue weighted by molar-refractivity contribution is 7.15. The summed E-state index contributed by atoms with van der Waals surface area (Å²) in [5.74, 6) is -0.988. The smallest absolute Gasteiger partial charge is 0.304 e. The van der Waals surface area contributed by atoms with Gasteiger partial charge in [0.15, 0.2) is 5.13 Å². The van der Waals surface area contributed by atoms with Crippen LogP contribution in [0.2, 0.25) is 0 Å². The Hall–Kier alpha value is -1.18. The lowest BCUT2D eigenvalue weighted by Gasteiger charge is -2.58. The van der Waals surface area contributed by atoms with E-state index < -0.39 is 17.5 Å². The summed E-state index contributed by atoms with van der Waals surface area (Å²) in [7, 11) is 0. The fourth-order valence-corrected chi connectivity index (χ4v) is 6.36. The standard InChI is InChI=1S/C20H32N2O4S/c1-4-5-8-21-18-22-17-12(9-16(25)26)19(2)7-6-15(24)20(3,11-23)14(19)10-13(17)27-18/h12,14-15,23-24H,4-11H2,1-3H3,(H,21,22)(H,25,26). The number of thiazole rings is 1. The van der Waals surface area contributed by atoms with Crippen molar-refractivity contribution in [2.75, 3.05) is 18.5 Å². The molecule has 0 aromatic carbocycles. The fraction of sp³-hybridized carbons (Fsp3) is 0.800. The van der Waals surface area contributed by atoms with Crippen molar-refractivity contribution in [3.05, 3.63) is 10.6 Å². The molecule has 4 N–H and O–H groups in total. The number of nitrogens with one attached hydrogen (secondary N) is 1. The van der Waals surface area contributed by atoms with E-state index in [-0.39, 0.29) is 30.3 Å². The lowest BCUT2D eigenvalue weighted by atomic mass is 9.47. The number of unbranched alkanes of at least 4 members (excludes halogenated alkanes) is 1. The maximum atomic E-state index is 11.7. The van der Waals surface area contributed by atoms with Crippen molar-refractivity contribution in [3.8, 4) is 0 Å². The van der Waals surface area contributed by atoms with E-state index in [2.05, 4.69) is 19.2 Å². The summed E-state index contributed by atoms with van der Waals surface area (Å²) in [6.45, 7) is 7.00. The summed E-state index contributed by atoms with van der Waals surface area (Å²) in [6, 6.07) is 0. The van der Waals surface area contributed by atoms with Gasteiger partial charge >= 0.3 is 5.97 Å². The summed E-state index contributed by atoms with van der Waals surface area (Å²) in [5, 5.41) is 34.6. The van der Waals surface area contributed by atoms with Crippen LogP contribution < -0.4 is 5.32 Å². The second-order valence-corrected chi connectivity index (χ2v) is 9.82. The first-order valence-electron chi connectivity index (χ1n) is 10.0. The minimum Gasteiger partial charge on any atom is -0.481 e. The van der Waals surface area contributed by atoms with Crippen LogP contribution in [-0.4, -0.2) is 45.5 Å². The maximum absolute atomic E-state index is 11.7. The topological polar surface area (TPSA) is 103 Å². The van der Waals surface area contributed by atoms with E-state index in [1.165, 1.54) is 0 Å². The van der Waals surface area contributed by atoms with Gasteiger partial charge in [-0.05, 0) is 37.0 Å². The molecular formula is C20H32N2O4S. The van der Waals surface area contributed by atoms with Crippen molar-refractivity contribution in [2.24, 2.45) is 16.7 Å². The molecule has 6 nitrogen and oxygen atoms in total. The van der Waals surface area contributed by atoms with E-state index in [1.54, 1.807) is 11.3 Å². The molecule has 0 saturated heterocycles. The van der Waals surface area contributed by atoms with Crippen molar-refractivity contribution < 1.29 is 20.1 Å². The van der Waals surface area contributed by atoms with E-state index in [4.69, 9.17) is 4.98 Å². The molecule has 0 bridgehead atoms. The highest BCUT2D eigenvalue weighted by atomic mass is 32.1. The zero-order chi connectivity index (χ0) is 19.8. The van der Waals surface area contributed by atoms with Gasteiger partial charge in [0.25, 0.3) is 0 Å². The zero-order valence-electron chi connectivity index (χ0n) is 16.5. The molecule has 7 heteroatoms. The number of hydrogen-bond donors (Lipinski definition) is 4. The molecule has 1 saturated carbocycles. The number of carboxylic acids is 1. The monoisotopic (exact) mass is 396 g/mol. The number of rotatable bonds is 7. The van der Waals surface area contributed by atoms with Crippen molar-refractivity contribution >= 4 is 22.4 Å². The number of aromatic nitrogens is 1. The molecule has 2 aliphatic carbocycles. The average molecular weight is 397 g/mol. The Kier molecular flexibility index (Phi) is 5.85. The third kappa shape index (κ3) is 3.49. The van der Waals surface area contributed by atoms with Crippen molar-refractivity contribution in [2.45, 2.75) is 71.3 Å². The first kappa shape index (κ1) is 20.6. The molecule has 3 rings (SSSR count). The number of aliphatic hydroxyl groups excluding tert-OH is 2. The van der Waals surface area contributed by atoms with Crippen LogP contribution in [0.3, 0.4) is 0 Å². The number of nitrogens with zero attached hydrogens (tertiary/aromatic N) is 1. The number of anilines is 1. The summed E-state index contributed by atoms with van der Waals surface area (Å²) >= 11 is 1.61. The molecule has 1 fully saturated rings. The van der Waals surface area contributed by atoms with Crippen LogP contribution >= 0.6 is 11.3 Å². The van der Waals surface area contributed by atoms with Gasteiger partial charge in [0, 0.05) is 22.8 Å². The van der Waals surface area contributed by atoms with Crippen LogP contribution in [0.4, 0.5) is 5.13 Å². The van der Waals surface area contributed by atoms with Crippen LogP contribution in [0.5, 0.6) is 0 Å². The van der Waals surface area contributed by atoms with Gasteiger partial charge in [0.1, 0.15) is 0 Å². The quantitative estimate of drug-likeness (QED) is 0.528. The third-order valence-corrected chi connectivity index (χ3v) is 8.13. The van der Waals surface area contributed by atoms with Gasteiger partial charge < -0.3 is 20.6 Å². The molecule has 1 aromatic heterocycles. The van der Waals surface area contributed by atoms with Gasteiger partial charge in [-0.15, -0.1) is 11.3 Å². The van der Waals surface area contributed by atoms with E-state index in [9.17, 15) is 20.1 Å². The van der Waals surface area contributed by atoms with Crippen LogP contribution in [0, 0.1) is 16.7 Å². The Morgan fingerprint density at radius 3 is 2.78 bits per heavy atom. The van der Waals surface area contributed by atoms with Gasteiger partial charge in [-0.3, -0.25) is 4.79 Å². The Morgan fingerprint density at radius 2 is 2.15 bits per heavy atom. The molecular weight excluding hydrogens is 364 g/mol. The molecule has 0 spiro atoms. The molecule has 152 valence electrons. The van der Waals surface area contributed by atoms with E-state index >= 15 is 0 Å². The third-order valence-electron chi connectivity index (χ3n) is 7.08. The Morgan fingerprint density at radius 1 is 1.41 bits per heavy atom. The van der Waals surface area contributed by atoms with E-state index in [1.807, 2.05) is 6.92 Å². The summed E-state index contributed by atoms with van der Waals surface area (Å²) in [6.07, 6.45) is 3.72. The first-order valence-corrected chi connectivity index (χ1v) is 10.8. The van der Waals surface area contributed by atoms with Crippen LogP contribution in [0.15, 0.2) is 0 Å². The minimum atomic E-state index is -0.821. The van der Waals surface area contributed by atoms with Crippen molar-refractivity contribution in [1.29, 1.82) is 0 Å². The van der Waals surface area contributed by atoms with Gasteiger partial charge in [0.05, 0.1) is 24.8 Å². The fourth-order valence-electron chi connectivity index (χ4n) is 5.27. The Labute approximate surface area is 165 Å². The lowest BCUT2D eigenvalue weighted by molar-refractivity contribution is -0.150. The van der Waals surface area contributed by atoms with Gasteiger partial charge in [0.2, 0.25) is 0 Å². The summed E-state index contributed by atoms with van der Waals surface area (Å²) in [5.41, 5.74) is -0.00482. The molecule has 1 aromatic rings. The molecule has 2 aliphatic rings. The highest BCUT2D eigenvalue weighted by Gasteiger charge is 2.59. The second kappa shape index (κ2) is 7.68. The molecule has 27 heavy (non-hydrogen) atoms. The lowest BCUT2D eigenvalue weighted by Crippen LogP contribution is -2.57. The maximum Gasteiger partial charge on any atom is 0.304 e. The highest BCUT2D eigenvalue weighted by Crippen LogP contribution is 2.62. The molecule has 0 aliphatic heterocycles. The Bertz CT molecular complexity index is 694. The van der Waals surface area contributed by atoms with Crippen LogP contribution in [-0.2, 0) is 11.2 Å². The molecule has 0 radical (unpaired) electrons. The minimum absolute atomic E-state index is 0.0274. The van der Waals surface area contributed by atoms with Crippen molar-refractivity contribution in [3.63, 3.8) is 0 Å². The number of fused-ring (bicyclic) bond motifs is 2. The largest absolute Gasteiger partial charge is 0.481 e. The first-order chi connectivity index (χ1) is 12.8. The molecule has 5 unspecified atom stereocenters. The van der Waals surface area contributed by atoms with Gasteiger partial charge in [-0.25, -0.2) is 4.98 Å². The number of aliphatic carboxylic acids is 1. The number of aliphatic hydroxyl groups is 2. The van der Waals surface area contributed by atoms with Crippen LogP contribution in [0.1, 0.15) is 69.4 Å². The van der Waals surface area contributed by atoms with Gasteiger partial charge in [-0.1, -0.05) is 27.2 Å². The number of carbonyl (C=O) groups is 1. The predicted octanol–water partition coefficient (Wildman–Crippen LogP) is 3.25. The second-order valence-electron chi connectivity index (χ2n) is 8.74. The van der Waals surface area contributed by atoms with E-state index in [0.717, 1.165) is 47.9 Å². The van der Waals surface area contributed by atoms with E-state index in [0.29, 0.717) is 6.42 Å². The average Bonchev–Trinajstić information content (AvgIpc) is 3.03. The van der Waals surface area contributed by atoms with Crippen molar-refractivity contribution in [1.82, 2.24) is 4.98 Å². The SMILES string of the molecule is CCCCNc1nc2c(s1)CC1C(C)(CO)C(O)CCC1(C)C2CC(=O)O.